The van der Waals surface area contributed by atoms with Gasteiger partial charge in [-0.3, -0.25) is 5.43 Å². The number of para-hydroxylation sites is 1. The fraction of sp³-hybridized carbons (Fsp3) is 0.300. The molecule has 13 heavy (non-hydrogen) atoms. The molecule has 70 valence electrons. The zero-order chi connectivity index (χ0) is 9.52. The van der Waals surface area contributed by atoms with Gasteiger partial charge in [0.2, 0.25) is 0 Å². The summed E-state index contributed by atoms with van der Waals surface area (Å²) in [6.07, 6.45) is 1.85. The minimum absolute atomic E-state index is 0.645. The maximum Gasteiger partial charge on any atom is 0.120 e. The van der Waals surface area contributed by atoms with Crippen molar-refractivity contribution in [3.8, 4) is 0 Å². The van der Waals surface area contributed by atoms with E-state index in [0.717, 1.165) is 18.5 Å². The lowest BCUT2D eigenvalue weighted by Crippen LogP contribution is -2.12. The highest BCUT2D eigenvalue weighted by Gasteiger charge is 1.89. The van der Waals surface area contributed by atoms with Gasteiger partial charge in [0.1, 0.15) is 5.84 Å². The third-order valence-electron chi connectivity index (χ3n) is 1.61. The Kier molecular flexibility index (Phi) is 3.82. The number of hydrogen-bond acceptors (Lipinski definition) is 2. The van der Waals surface area contributed by atoms with Crippen LogP contribution in [0.2, 0.25) is 0 Å². The third-order valence-corrected chi connectivity index (χ3v) is 1.61. The number of rotatable bonds is 4. The van der Waals surface area contributed by atoms with E-state index >= 15 is 0 Å². The van der Waals surface area contributed by atoms with Crippen LogP contribution in [0.1, 0.15) is 19.8 Å². The Morgan fingerprint density at radius 3 is 2.69 bits per heavy atom. The van der Waals surface area contributed by atoms with E-state index in [1.54, 1.807) is 0 Å². The summed E-state index contributed by atoms with van der Waals surface area (Å²) in [6, 6.07) is 9.76. The van der Waals surface area contributed by atoms with Crippen molar-refractivity contribution < 1.29 is 0 Å². The molecule has 0 saturated carbocycles. The molecule has 0 bridgehead atoms. The second kappa shape index (κ2) is 5.19. The van der Waals surface area contributed by atoms with Crippen molar-refractivity contribution in [1.82, 2.24) is 0 Å². The molecule has 0 aliphatic carbocycles. The van der Waals surface area contributed by atoms with Crippen LogP contribution in [-0.2, 0) is 0 Å². The molecule has 0 aliphatic heterocycles. The fourth-order valence-electron chi connectivity index (χ4n) is 0.961. The van der Waals surface area contributed by atoms with E-state index in [4.69, 9.17) is 5.73 Å². The van der Waals surface area contributed by atoms with Crippen molar-refractivity contribution in [2.75, 3.05) is 5.43 Å². The van der Waals surface area contributed by atoms with Crippen molar-refractivity contribution in [2.45, 2.75) is 19.8 Å². The SMILES string of the molecule is CCC/C(N)=N/Nc1ccccc1. The van der Waals surface area contributed by atoms with Crippen LogP contribution in [0.25, 0.3) is 0 Å². The van der Waals surface area contributed by atoms with E-state index in [0.29, 0.717) is 5.84 Å². The molecule has 0 aromatic heterocycles. The maximum atomic E-state index is 5.62. The summed E-state index contributed by atoms with van der Waals surface area (Å²) in [4.78, 5) is 0. The van der Waals surface area contributed by atoms with Crippen molar-refractivity contribution in [3.05, 3.63) is 30.3 Å². The lowest BCUT2D eigenvalue weighted by Gasteiger charge is -2.01. The normalized spacial score (nSPS) is 11.3. The van der Waals surface area contributed by atoms with Gasteiger partial charge in [0.15, 0.2) is 0 Å². The predicted molar refractivity (Wildman–Crippen MR) is 56.6 cm³/mol. The first-order chi connectivity index (χ1) is 6.33. The van der Waals surface area contributed by atoms with Crippen LogP contribution < -0.4 is 11.2 Å². The Balaban J connectivity index is 2.47. The van der Waals surface area contributed by atoms with Crippen LogP contribution in [0.5, 0.6) is 0 Å². The quantitative estimate of drug-likeness (QED) is 0.420. The maximum absolute atomic E-state index is 5.62. The smallest absolute Gasteiger partial charge is 0.120 e. The molecule has 1 rings (SSSR count). The monoisotopic (exact) mass is 177 g/mol. The predicted octanol–water partition coefficient (Wildman–Crippen LogP) is 2.17. The van der Waals surface area contributed by atoms with Crippen LogP contribution in [0, 0.1) is 0 Å². The molecule has 3 N–H and O–H groups in total. The first-order valence-electron chi connectivity index (χ1n) is 4.46. The Morgan fingerprint density at radius 2 is 2.08 bits per heavy atom. The third kappa shape index (κ3) is 3.60. The molecule has 3 heteroatoms. The lowest BCUT2D eigenvalue weighted by molar-refractivity contribution is 0.978. The van der Waals surface area contributed by atoms with Gasteiger partial charge in [-0.1, -0.05) is 25.1 Å². The number of nitrogens with two attached hydrogens (primary N) is 1. The number of hydrogen-bond donors (Lipinski definition) is 2. The number of amidine groups is 1. The molecule has 0 spiro atoms. The molecule has 0 aliphatic rings. The van der Waals surface area contributed by atoms with E-state index in [-0.39, 0.29) is 0 Å². The van der Waals surface area contributed by atoms with Gasteiger partial charge in [-0.2, -0.15) is 5.10 Å². The summed E-state index contributed by atoms with van der Waals surface area (Å²) in [6.45, 7) is 2.07. The van der Waals surface area contributed by atoms with Gasteiger partial charge in [0, 0.05) is 6.42 Å². The van der Waals surface area contributed by atoms with Crippen LogP contribution in [0.3, 0.4) is 0 Å². The van der Waals surface area contributed by atoms with E-state index in [9.17, 15) is 0 Å². The minimum atomic E-state index is 0.645. The molecule has 0 saturated heterocycles. The molecule has 0 amide bonds. The van der Waals surface area contributed by atoms with E-state index < -0.39 is 0 Å². The van der Waals surface area contributed by atoms with Gasteiger partial charge < -0.3 is 5.73 Å². The highest BCUT2D eigenvalue weighted by Crippen LogP contribution is 2.04. The van der Waals surface area contributed by atoms with Crippen LogP contribution in [-0.4, -0.2) is 5.84 Å². The van der Waals surface area contributed by atoms with Crippen LogP contribution in [0.4, 0.5) is 5.69 Å². The van der Waals surface area contributed by atoms with Gasteiger partial charge >= 0.3 is 0 Å². The summed E-state index contributed by atoms with van der Waals surface area (Å²) in [5, 5.41) is 4.03. The standard InChI is InChI=1S/C10H15N3/c1-2-6-10(11)13-12-9-7-4-3-5-8-9/h3-5,7-8,12H,2,6H2,1H3,(H2,11,13). The Morgan fingerprint density at radius 1 is 1.38 bits per heavy atom. The molecular weight excluding hydrogens is 162 g/mol. The van der Waals surface area contributed by atoms with E-state index in [1.165, 1.54) is 0 Å². The van der Waals surface area contributed by atoms with E-state index in [1.807, 2.05) is 30.3 Å². The van der Waals surface area contributed by atoms with Crippen molar-refractivity contribution in [1.29, 1.82) is 0 Å². The molecule has 0 atom stereocenters. The average Bonchev–Trinajstić information content (AvgIpc) is 2.17. The number of hydrazone groups is 1. The lowest BCUT2D eigenvalue weighted by atomic mass is 10.3. The molecule has 1 aromatic carbocycles. The summed E-state index contributed by atoms with van der Waals surface area (Å²) in [5.74, 6) is 0.645. The Bertz CT molecular complexity index is 267. The van der Waals surface area contributed by atoms with Gasteiger partial charge in [-0.25, -0.2) is 0 Å². The summed E-state index contributed by atoms with van der Waals surface area (Å²) < 4.78 is 0. The first-order valence-corrected chi connectivity index (χ1v) is 4.46. The first kappa shape index (κ1) is 9.58. The summed E-state index contributed by atoms with van der Waals surface area (Å²) in [7, 11) is 0. The molecule has 0 radical (unpaired) electrons. The number of anilines is 1. The van der Waals surface area contributed by atoms with Gasteiger partial charge in [0.25, 0.3) is 0 Å². The zero-order valence-electron chi connectivity index (χ0n) is 7.83. The summed E-state index contributed by atoms with van der Waals surface area (Å²) >= 11 is 0. The highest BCUT2D eigenvalue weighted by molar-refractivity contribution is 5.80. The summed E-state index contributed by atoms with van der Waals surface area (Å²) in [5.41, 5.74) is 9.47. The molecule has 3 nitrogen and oxygen atoms in total. The second-order valence-electron chi connectivity index (χ2n) is 2.83. The average molecular weight is 177 g/mol. The van der Waals surface area contributed by atoms with Gasteiger partial charge in [-0.15, -0.1) is 0 Å². The van der Waals surface area contributed by atoms with Crippen LogP contribution in [0.15, 0.2) is 35.4 Å². The van der Waals surface area contributed by atoms with Crippen molar-refractivity contribution >= 4 is 11.5 Å². The molecule has 0 heterocycles. The number of nitrogens with zero attached hydrogens (tertiary/aromatic N) is 1. The molecule has 0 fully saturated rings. The number of nitrogens with one attached hydrogen (secondary N) is 1. The largest absolute Gasteiger partial charge is 0.386 e. The fourth-order valence-corrected chi connectivity index (χ4v) is 0.961. The molecular formula is C10H15N3. The zero-order valence-corrected chi connectivity index (χ0v) is 7.83. The van der Waals surface area contributed by atoms with Crippen molar-refractivity contribution in [3.63, 3.8) is 0 Å². The second-order valence-corrected chi connectivity index (χ2v) is 2.83. The Labute approximate surface area is 78.6 Å². The number of benzene rings is 1. The van der Waals surface area contributed by atoms with Gasteiger partial charge in [0.05, 0.1) is 5.69 Å². The Hall–Kier alpha value is -1.51. The topological polar surface area (TPSA) is 50.4 Å². The van der Waals surface area contributed by atoms with Crippen molar-refractivity contribution in [2.24, 2.45) is 10.8 Å². The molecule has 0 unspecified atom stereocenters. The highest BCUT2D eigenvalue weighted by atomic mass is 15.3. The van der Waals surface area contributed by atoms with E-state index in [2.05, 4.69) is 17.5 Å². The van der Waals surface area contributed by atoms with Crippen LogP contribution >= 0.6 is 0 Å². The minimum Gasteiger partial charge on any atom is -0.386 e. The molecule has 1 aromatic rings. The van der Waals surface area contributed by atoms with Gasteiger partial charge in [-0.05, 0) is 18.6 Å².